The maximum Gasteiger partial charge on any atom is 0.418 e. The van der Waals surface area contributed by atoms with Crippen LogP contribution in [0.15, 0.2) is 59.6 Å². The van der Waals surface area contributed by atoms with Crippen molar-refractivity contribution >= 4 is 32.6 Å². The number of Topliss-reactive ketones (excluding diaryl/α,β-unsaturated/α-hetero) is 1. The molecule has 3 aromatic rings. The molecule has 0 fully saturated rings. The van der Waals surface area contributed by atoms with Crippen molar-refractivity contribution in [2.75, 3.05) is 19.5 Å². The average Bonchev–Trinajstić information content (AvgIpc) is 3.06. The van der Waals surface area contributed by atoms with Crippen molar-refractivity contribution in [1.29, 1.82) is 0 Å². The molecular formula is C21H21NO6S. The van der Waals surface area contributed by atoms with Crippen LogP contribution in [0.4, 0.5) is 4.79 Å². The van der Waals surface area contributed by atoms with Crippen molar-refractivity contribution in [3.8, 4) is 5.75 Å². The number of para-hydroxylation sites is 1. The van der Waals surface area contributed by atoms with E-state index in [0.717, 1.165) is 10.9 Å². The van der Waals surface area contributed by atoms with Crippen molar-refractivity contribution in [1.82, 2.24) is 4.57 Å². The first kappa shape index (κ1) is 20.6. The molecule has 8 heteroatoms. The van der Waals surface area contributed by atoms with Crippen LogP contribution >= 0.6 is 0 Å². The summed E-state index contributed by atoms with van der Waals surface area (Å²) < 4.78 is 36.3. The summed E-state index contributed by atoms with van der Waals surface area (Å²) in [4.78, 5) is 24.1. The molecule has 0 bridgehead atoms. The largest absolute Gasteiger partial charge is 0.497 e. The van der Waals surface area contributed by atoms with E-state index in [9.17, 15) is 18.0 Å². The Morgan fingerprint density at radius 3 is 2.38 bits per heavy atom. The molecule has 152 valence electrons. The zero-order valence-electron chi connectivity index (χ0n) is 16.1. The molecule has 1 aromatic heterocycles. The van der Waals surface area contributed by atoms with Gasteiger partial charge in [0.2, 0.25) is 0 Å². The second-order valence-corrected chi connectivity index (χ2v) is 8.64. The molecule has 0 unspecified atom stereocenters. The molecule has 0 saturated carbocycles. The predicted octanol–water partition coefficient (Wildman–Crippen LogP) is 3.24. The summed E-state index contributed by atoms with van der Waals surface area (Å²) in [6, 6.07) is 13.2. The van der Waals surface area contributed by atoms with E-state index < -0.39 is 15.9 Å². The minimum Gasteiger partial charge on any atom is -0.497 e. The van der Waals surface area contributed by atoms with Crippen LogP contribution in [0, 0.1) is 0 Å². The third kappa shape index (κ3) is 4.65. The smallest absolute Gasteiger partial charge is 0.418 e. The van der Waals surface area contributed by atoms with Gasteiger partial charge in [-0.2, -0.15) is 0 Å². The number of fused-ring (bicyclic) bond motifs is 1. The van der Waals surface area contributed by atoms with Gasteiger partial charge in [0.15, 0.2) is 9.84 Å². The third-order valence-corrected chi connectivity index (χ3v) is 6.12. The van der Waals surface area contributed by atoms with Gasteiger partial charge in [0, 0.05) is 18.0 Å². The number of carbonyl (C=O) groups excluding carboxylic acids is 2. The highest BCUT2D eigenvalue weighted by molar-refractivity contribution is 7.91. The highest BCUT2D eigenvalue weighted by Crippen LogP contribution is 2.22. The molecule has 0 atom stereocenters. The Morgan fingerprint density at radius 1 is 1.03 bits per heavy atom. The van der Waals surface area contributed by atoms with Gasteiger partial charge in [0.05, 0.1) is 23.3 Å². The van der Waals surface area contributed by atoms with Crippen molar-refractivity contribution < 1.29 is 27.5 Å². The van der Waals surface area contributed by atoms with Crippen LogP contribution in [0.5, 0.6) is 5.75 Å². The van der Waals surface area contributed by atoms with E-state index in [-0.39, 0.29) is 29.5 Å². The molecule has 0 radical (unpaired) electrons. The SMILES string of the molecule is COc1ccc(S(=O)(=O)CCOC(=O)n2cc(CC(C)=O)c3ccccc32)cc1. The van der Waals surface area contributed by atoms with Crippen molar-refractivity contribution in [2.45, 2.75) is 18.2 Å². The molecule has 0 aliphatic carbocycles. The number of aromatic nitrogens is 1. The highest BCUT2D eigenvalue weighted by Gasteiger charge is 2.18. The zero-order chi connectivity index (χ0) is 21.0. The minimum atomic E-state index is -3.60. The minimum absolute atomic E-state index is 0.0214. The Labute approximate surface area is 168 Å². The van der Waals surface area contributed by atoms with Crippen LogP contribution in [0.2, 0.25) is 0 Å². The molecule has 29 heavy (non-hydrogen) atoms. The predicted molar refractivity (Wildman–Crippen MR) is 108 cm³/mol. The standard InChI is InChI=1S/C21H21NO6S/c1-15(23)13-16-14-22(20-6-4-3-5-19(16)20)21(24)28-11-12-29(25,26)18-9-7-17(27-2)8-10-18/h3-10,14H,11-13H2,1-2H3. The fourth-order valence-electron chi connectivity index (χ4n) is 3.02. The first-order chi connectivity index (χ1) is 13.8. The third-order valence-electron chi connectivity index (χ3n) is 4.43. The summed E-state index contributed by atoms with van der Waals surface area (Å²) in [5.74, 6) is 0.188. The molecule has 2 aromatic carbocycles. The summed E-state index contributed by atoms with van der Waals surface area (Å²) >= 11 is 0. The Balaban J connectivity index is 1.71. The van der Waals surface area contributed by atoms with Crippen LogP contribution < -0.4 is 4.74 Å². The van der Waals surface area contributed by atoms with E-state index in [1.54, 1.807) is 30.5 Å². The highest BCUT2D eigenvalue weighted by atomic mass is 32.2. The second-order valence-electron chi connectivity index (χ2n) is 6.53. The lowest BCUT2D eigenvalue weighted by Crippen LogP contribution is -2.19. The number of nitrogens with zero attached hydrogens (tertiary/aromatic N) is 1. The van der Waals surface area contributed by atoms with E-state index in [1.807, 2.05) is 12.1 Å². The second kappa shape index (κ2) is 8.48. The lowest BCUT2D eigenvalue weighted by molar-refractivity contribution is -0.116. The van der Waals surface area contributed by atoms with Gasteiger partial charge in [0.25, 0.3) is 0 Å². The zero-order valence-corrected chi connectivity index (χ0v) is 16.9. The van der Waals surface area contributed by atoms with E-state index in [4.69, 9.17) is 9.47 Å². The number of benzene rings is 2. The summed E-state index contributed by atoms with van der Waals surface area (Å²) in [6.07, 6.45) is 1.07. The Kier molecular flexibility index (Phi) is 6.03. The lowest BCUT2D eigenvalue weighted by Gasteiger charge is -2.08. The van der Waals surface area contributed by atoms with Crippen LogP contribution in [0.3, 0.4) is 0 Å². The van der Waals surface area contributed by atoms with Crippen LogP contribution in [-0.2, 0) is 25.8 Å². The van der Waals surface area contributed by atoms with Crippen LogP contribution in [0.25, 0.3) is 10.9 Å². The van der Waals surface area contributed by atoms with E-state index in [2.05, 4.69) is 0 Å². The normalized spacial score (nSPS) is 11.4. The Hall–Kier alpha value is -3.13. The fourth-order valence-corrected chi connectivity index (χ4v) is 4.11. The molecule has 3 rings (SSSR count). The maximum absolute atomic E-state index is 12.5. The summed E-state index contributed by atoms with van der Waals surface area (Å²) in [5.41, 5.74) is 1.32. The fraction of sp³-hybridized carbons (Fsp3) is 0.238. The molecule has 0 spiro atoms. The number of hydrogen-bond acceptors (Lipinski definition) is 6. The first-order valence-electron chi connectivity index (χ1n) is 8.94. The molecule has 1 heterocycles. The first-order valence-corrected chi connectivity index (χ1v) is 10.6. The quantitative estimate of drug-likeness (QED) is 0.588. The molecule has 0 saturated heterocycles. The maximum atomic E-state index is 12.5. The van der Waals surface area contributed by atoms with Crippen LogP contribution in [0.1, 0.15) is 12.5 Å². The summed E-state index contributed by atoms with van der Waals surface area (Å²) in [5, 5.41) is 0.783. The Bertz CT molecular complexity index is 1150. The number of hydrogen-bond donors (Lipinski definition) is 0. The number of sulfone groups is 1. The van der Waals surface area contributed by atoms with Gasteiger partial charge < -0.3 is 9.47 Å². The summed E-state index contributed by atoms with van der Waals surface area (Å²) in [7, 11) is -2.11. The number of methoxy groups -OCH3 is 1. The van der Waals surface area contributed by atoms with Crippen molar-refractivity contribution in [3.63, 3.8) is 0 Å². The van der Waals surface area contributed by atoms with Gasteiger partial charge in [-0.05, 0) is 42.8 Å². The van der Waals surface area contributed by atoms with E-state index >= 15 is 0 Å². The van der Waals surface area contributed by atoms with Gasteiger partial charge in [-0.3, -0.25) is 9.36 Å². The number of ether oxygens (including phenoxy) is 2. The van der Waals surface area contributed by atoms with Crippen molar-refractivity contribution in [2.24, 2.45) is 0 Å². The number of carbonyl (C=O) groups is 2. The molecule has 0 amide bonds. The average molecular weight is 415 g/mol. The molecule has 7 nitrogen and oxygen atoms in total. The molecular weight excluding hydrogens is 394 g/mol. The monoisotopic (exact) mass is 415 g/mol. The molecule has 0 aliphatic rings. The van der Waals surface area contributed by atoms with Gasteiger partial charge in [0.1, 0.15) is 18.1 Å². The topological polar surface area (TPSA) is 91.7 Å². The molecule has 0 N–H and O–H groups in total. The van der Waals surface area contributed by atoms with Crippen LogP contribution in [-0.4, -0.2) is 44.3 Å². The summed E-state index contributed by atoms with van der Waals surface area (Å²) in [6.45, 7) is 1.19. The van der Waals surface area contributed by atoms with E-state index in [1.165, 1.54) is 30.7 Å². The number of ketones is 1. The number of rotatable bonds is 7. The Morgan fingerprint density at radius 2 is 1.72 bits per heavy atom. The van der Waals surface area contributed by atoms with Gasteiger partial charge in [-0.1, -0.05) is 18.2 Å². The van der Waals surface area contributed by atoms with Gasteiger partial charge in [-0.15, -0.1) is 0 Å². The van der Waals surface area contributed by atoms with Gasteiger partial charge >= 0.3 is 6.09 Å². The van der Waals surface area contributed by atoms with Crippen molar-refractivity contribution in [3.05, 3.63) is 60.3 Å². The van der Waals surface area contributed by atoms with Gasteiger partial charge in [-0.25, -0.2) is 13.2 Å². The molecule has 0 aliphatic heterocycles. The lowest BCUT2D eigenvalue weighted by atomic mass is 10.1. The van der Waals surface area contributed by atoms with E-state index in [0.29, 0.717) is 11.3 Å².